The Morgan fingerprint density at radius 2 is 1.86 bits per heavy atom. The van der Waals surface area contributed by atoms with Crippen LogP contribution in [0.3, 0.4) is 0 Å². The summed E-state index contributed by atoms with van der Waals surface area (Å²) < 4.78 is 20.3. The third-order valence-corrected chi connectivity index (χ3v) is 6.83. The number of aromatic nitrogens is 2. The minimum absolute atomic E-state index is 0.157. The predicted molar refractivity (Wildman–Crippen MR) is 111 cm³/mol. The van der Waals surface area contributed by atoms with E-state index in [1.807, 2.05) is 6.07 Å². The second-order valence-electron chi connectivity index (χ2n) is 8.25. The second-order valence-corrected chi connectivity index (χ2v) is 9.07. The maximum absolute atomic E-state index is 15.4. The van der Waals surface area contributed by atoms with E-state index in [1.54, 1.807) is 6.92 Å². The summed E-state index contributed by atoms with van der Waals surface area (Å²) in [6.07, 6.45) is 2.06. The molecule has 0 bridgehead atoms. The Bertz CT molecular complexity index is 1210. The topological polar surface area (TPSA) is 69.6 Å². The van der Waals surface area contributed by atoms with Gasteiger partial charge in [0.1, 0.15) is 5.39 Å². The van der Waals surface area contributed by atoms with Crippen LogP contribution >= 0.6 is 11.5 Å². The number of nitrogens with zero attached hydrogens (tertiary/aromatic N) is 2. The lowest BCUT2D eigenvalue weighted by molar-refractivity contribution is 0.403. The van der Waals surface area contributed by atoms with Crippen molar-refractivity contribution in [1.29, 1.82) is 0 Å². The van der Waals surface area contributed by atoms with Crippen molar-refractivity contribution >= 4 is 32.8 Å². The van der Waals surface area contributed by atoms with E-state index in [2.05, 4.69) is 28.4 Å². The molecule has 0 spiro atoms. The van der Waals surface area contributed by atoms with Gasteiger partial charge in [0, 0.05) is 25.2 Å². The molecule has 2 atom stereocenters. The van der Waals surface area contributed by atoms with Crippen molar-refractivity contribution in [3.05, 3.63) is 43.8 Å². The maximum Gasteiger partial charge on any atom is 0.271 e. The monoisotopic (exact) mass is 402 g/mol. The highest BCUT2D eigenvalue weighted by molar-refractivity contribution is 7.13. The maximum atomic E-state index is 15.4. The molecule has 28 heavy (non-hydrogen) atoms. The molecule has 4 heterocycles. The van der Waals surface area contributed by atoms with Gasteiger partial charge in [-0.3, -0.25) is 18.4 Å². The van der Waals surface area contributed by atoms with Crippen LogP contribution in [0.5, 0.6) is 0 Å². The van der Waals surface area contributed by atoms with Crippen LogP contribution < -0.4 is 21.3 Å². The second kappa shape index (κ2) is 6.15. The zero-order chi connectivity index (χ0) is 19.7. The van der Waals surface area contributed by atoms with Crippen LogP contribution in [0.2, 0.25) is 0 Å². The number of halogens is 1. The zero-order valence-electron chi connectivity index (χ0n) is 16.1. The van der Waals surface area contributed by atoms with Crippen molar-refractivity contribution in [3.63, 3.8) is 0 Å². The van der Waals surface area contributed by atoms with E-state index in [9.17, 15) is 9.59 Å². The number of piperazine rings is 1. The van der Waals surface area contributed by atoms with Crippen molar-refractivity contribution in [1.82, 2.24) is 14.1 Å². The molecule has 3 aromatic heterocycles. The Hall–Kier alpha value is -2.19. The number of hydrogen-bond donors (Lipinski definition) is 2. The summed E-state index contributed by atoms with van der Waals surface area (Å²) in [5.74, 6) is -0.0632. The van der Waals surface area contributed by atoms with Gasteiger partial charge in [-0.1, -0.05) is 11.5 Å². The summed E-state index contributed by atoms with van der Waals surface area (Å²) in [5, 5.41) is 3.63. The van der Waals surface area contributed by atoms with Crippen LogP contribution in [0.25, 0.3) is 15.6 Å². The van der Waals surface area contributed by atoms with Gasteiger partial charge in [-0.2, -0.15) is 0 Å². The molecular weight excluding hydrogens is 379 g/mol. The molecule has 1 saturated heterocycles. The normalized spacial score (nSPS) is 23.1. The fourth-order valence-electron chi connectivity index (χ4n) is 4.62. The number of rotatable bonds is 2. The van der Waals surface area contributed by atoms with Crippen LogP contribution in [-0.2, 0) is 0 Å². The first-order valence-corrected chi connectivity index (χ1v) is 10.6. The van der Waals surface area contributed by atoms with E-state index >= 15 is 4.39 Å². The van der Waals surface area contributed by atoms with E-state index in [0.29, 0.717) is 24.7 Å². The molecule has 2 aliphatic rings. The first-order valence-electron chi connectivity index (χ1n) is 9.76. The van der Waals surface area contributed by atoms with Crippen molar-refractivity contribution in [2.45, 2.75) is 51.6 Å². The van der Waals surface area contributed by atoms with E-state index in [-0.39, 0.29) is 34.5 Å². The smallest absolute Gasteiger partial charge is 0.271 e. The molecule has 0 amide bonds. The van der Waals surface area contributed by atoms with Gasteiger partial charge >= 0.3 is 0 Å². The van der Waals surface area contributed by atoms with Gasteiger partial charge in [-0.15, -0.1) is 0 Å². The molecule has 0 aromatic carbocycles. The summed E-state index contributed by atoms with van der Waals surface area (Å²) in [5.41, 5.74) is 1.75. The number of aromatic amines is 1. The number of hydrogen-bond acceptors (Lipinski definition) is 5. The van der Waals surface area contributed by atoms with Gasteiger partial charge in [0.2, 0.25) is 0 Å². The molecule has 8 heteroatoms. The van der Waals surface area contributed by atoms with Crippen molar-refractivity contribution in [2.75, 3.05) is 18.0 Å². The zero-order valence-corrected chi connectivity index (χ0v) is 17.0. The number of anilines is 1. The highest BCUT2D eigenvalue weighted by Gasteiger charge is 2.32. The number of aryl methyl sites for hydroxylation is 1. The average Bonchev–Trinajstić information content (AvgIpc) is 3.39. The van der Waals surface area contributed by atoms with Gasteiger partial charge in [0.05, 0.1) is 21.6 Å². The van der Waals surface area contributed by atoms with Crippen LogP contribution in [0, 0.1) is 12.7 Å². The summed E-state index contributed by atoms with van der Waals surface area (Å²) in [4.78, 5) is 27.4. The Kier molecular flexibility index (Phi) is 3.93. The first-order chi connectivity index (χ1) is 13.4. The first kappa shape index (κ1) is 17.9. The molecule has 2 unspecified atom stereocenters. The highest BCUT2D eigenvalue weighted by atomic mass is 32.1. The Morgan fingerprint density at radius 3 is 2.50 bits per heavy atom. The van der Waals surface area contributed by atoms with E-state index in [0.717, 1.165) is 28.6 Å². The SMILES string of the molecule is Cc1c(F)c(N2CC(C)NC(C)C2)cc2c(C3CC3)c3s[nH]c(=O)c3c(=O)n12. The average molecular weight is 402 g/mol. The summed E-state index contributed by atoms with van der Waals surface area (Å²) in [6, 6.07) is 2.33. The fraction of sp³-hybridized carbons (Fsp3) is 0.500. The molecule has 5 rings (SSSR count). The fourth-order valence-corrected chi connectivity index (χ4v) is 5.58. The minimum atomic E-state index is -0.429. The third kappa shape index (κ3) is 2.54. The van der Waals surface area contributed by atoms with Gasteiger partial charge in [-0.05, 0) is 51.2 Å². The molecule has 2 fully saturated rings. The van der Waals surface area contributed by atoms with E-state index in [4.69, 9.17) is 0 Å². The quantitative estimate of drug-likeness (QED) is 0.692. The molecule has 0 radical (unpaired) electrons. The lowest BCUT2D eigenvalue weighted by atomic mass is 10.0. The largest absolute Gasteiger partial charge is 0.366 e. The third-order valence-electron chi connectivity index (χ3n) is 5.91. The summed E-state index contributed by atoms with van der Waals surface area (Å²) in [6.45, 7) is 7.23. The summed E-state index contributed by atoms with van der Waals surface area (Å²) in [7, 11) is 0. The van der Waals surface area contributed by atoms with Crippen LogP contribution in [-0.4, -0.2) is 33.9 Å². The van der Waals surface area contributed by atoms with Gasteiger partial charge < -0.3 is 10.2 Å². The van der Waals surface area contributed by atoms with Crippen molar-refractivity contribution in [2.24, 2.45) is 0 Å². The molecule has 1 aliphatic carbocycles. The Labute approximate surface area is 165 Å². The molecule has 1 aliphatic heterocycles. The predicted octanol–water partition coefficient (Wildman–Crippen LogP) is 2.71. The lowest BCUT2D eigenvalue weighted by Crippen LogP contribution is -2.54. The number of fused-ring (bicyclic) bond motifs is 2. The minimum Gasteiger partial charge on any atom is -0.366 e. The summed E-state index contributed by atoms with van der Waals surface area (Å²) >= 11 is 1.22. The van der Waals surface area contributed by atoms with E-state index < -0.39 is 5.56 Å². The van der Waals surface area contributed by atoms with Gasteiger partial charge in [0.25, 0.3) is 11.1 Å². The standard InChI is InChI=1S/C20H23FN4O2S/c1-9-7-24(8-10(2)22-9)14-6-13-15(12-4-5-12)18-16(19(26)23-28-18)20(27)25(13)11(3)17(14)21/h6,9-10,12,22H,4-5,7-8H2,1-3H3,(H,23,26). The molecule has 3 aromatic rings. The van der Waals surface area contributed by atoms with Crippen LogP contribution in [0.4, 0.5) is 10.1 Å². The Balaban J connectivity index is 1.85. The van der Waals surface area contributed by atoms with E-state index in [1.165, 1.54) is 15.9 Å². The van der Waals surface area contributed by atoms with Crippen molar-refractivity contribution < 1.29 is 4.39 Å². The molecule has 1 saturated carbocycles. The van der Waals surface area contributed by atoms with Crippen molar-refractivity contribution in [3.8, 4) is 0 Å². The Morgan fingerprint density at radius 1 is 1.18 bits per heavy atom. The molecule has 148 valence electrons. The number of pyridine rings is 2. The highest BCUT2D eigenvalue weighted by Crippen LogP contribution is 2.46. The van der Waals surface area contributed by atoms with Crippen LogP contribution in [0.15, 0.2) is 15.7 Å². The lowest BCUT2D eigenvalue weighted by Gasteiger charge is -2.38. The van der Waals surface area contributed by atoms with Crippen LogP contribution in [0.1, 0.15) is 43.9 Å². The molecule has 2 N–H and O–H groups in total. The number of H-pyrrole nitrogens is 1. The van der Waals surface area contributed by atoms with Gasteiger partial charge in [0.15, 0.2) is 5.82 Å². The molecule has 6 nitrogen and oxygen atoms in total. The van der Waals surface area contributed by atoms with Gasteiger partial charge in [-0.25, -0.2) is 4.39 Å². The number of nitrogens with one attached hydrogen (secondary N) is 2. The molecular formula is C20H23FN4O2S.